The first-order valence-corrected chi connectivity index (χ1v) is 6.80. The number of hydrogen-bond donors (Lipinski definition) is 1. The van der Waals surface area contributed by atoms with Crippen molar-refractivity contribution >= 4 is 22.4 Å². The Hall–Kier alpha value is -1.75. The maximum absolute atomic E-state index is 11.8. The van der Waals surface area contributed by atoms with Gasteiger partial charge in [-0.3, -0.25) is 4.79 Å². The molecule has 2 aromatic rings. The molecule has 1 aliphatic carbocycles. The van der Waals surface area contributed by atoms with Crippen LogP contribution >= 0.6 is 11.3 Å². The van der Waals surface area contributed by atoms with E-state index in [1.165, 1.54) is 24.2 Å². The summed E-state index contributed by atoms with van der Waals surface area (Å²) in [4.78, 5) is 11.8. The molecule has 0 atom stereocenters. The minimum Gasteiger partial charge on any atom is -0.300 e. The zero-order valence-electron chi connectivity index (χ0n) is 9.80. The van der Waals surface area contributed by atoms with Crippen molar-refractivity contribution in [3.8, 4) is 0 Å². The molecule has 1 amide bonds. The maximum atomic E-state index is 11.8. The van der Waals surface area contributed by atoms with E-state index in [-0.39, 0.29) is 5.91 Å². The predicted molar refractivity (Wildman–Crippen MR) is 70.7 cm³/mol. The number of hydrogen-bond acceptors (Lipinski definition) is 4. The third kappa shape index (κ3) is 2.73. The molecular formula is C13H13N3OS. The summed E-state index contributed by atoms with van der Waals surface area (Å²) in [6.45, 7) is 0. The number of benzene rings is 1. The van der Waals surface area contributed by atoms with Crippen LogP contribution in [0.15, 0.2) is 30.3 Å². The SMILES string of the molecule is O=C(Cc1ccccc1)Nc1nnc(C2CC2)s1. The molecule has 0 unspecified atom stereocenters. The number of rotatable bonds is 4. The average molecular weight is 259 g/mol. The zero-order chi connectivity index (χ0) is 12.4. The highest BCUT2D eigenvalue weighted by Gasteiger charge is 2.27. The van der Waals surface area contributed by atoms with E-state index < -0.39 is 0 Å². The van der Waals surface area contributed by atoms with Crippen molar-refractivity contribution in [1.29, 1.82) is 0 Å². The topological polar surface area (TPSA) is 54.9 Å². The lowest BCUT2D eigenvalue weighted by Gasteiger charge is -2.00. The van der Waals surface area contributed by atoms with Crippen molar-refractivity contribution in [1.82, 2.24) is 10.2 Å². The molecule has 1 heterocycles. The average Bonchev–Trinajstić information content (AvgIpc) is 3.12. The molecule has 18 heavy (non-hydrogen) atoms. The molecule has 0 aliphatic heterocycles. The van der Waals surface area contributed by atoms with E-state index in [4.69, 9.17) is 0 Å². The van der Waals surface area contributed by atoms with Gasteiger partial charge in [-0.15, -0.1) is 10.2 Å². The van der Waals surface area contributed by atoms with Crippen LogP contribution in [0.5, 0.6) is 0 Å². The normalized spacial score (nSPS) is 14.4. The van der Waals surface area contributed by atoms with Gasteiger partial charge in [0.1, 0.15) is 5.01 Å². The Morgan fingerprint density at radius 1 is 1.28 bits per heavy atom. The Morgan fingerprint density at radius 3 is 2.78 bits per heavy atom. The minimum atomic E-state index is -0.0419. The van der Waals surface area contributed by atoms with E-state index in [1.54, 1.807) is 0 Å². The van der Waals surface area contributed by atoms with Gasteiger partial charge in [-0.25, -0.2) is 0 Å². The molecule has 92 valence electrons. The predicted octanol–water partition coefficient (Wildman–Crippen LogP) is 2.60. The fourth-order valence-corrected chi connectivity index (χ4v) is 2.65. The molecule has 3 rings (SSSR count). The molecule has 1 N–H and O–H groups in total. The van der Waals surface area contributed by atoms with Gasteiger partial charge in [0.2, 0.25) is 11.0 Å². The number of amides is 1. The first-order valence-electron chi connectivity index (χ1n) is 5.98. The maximum Gasteiger partial charge on any atom is 0.230 e. The largest absolute Gasteiger partial charge is 0.300 e. The fraction of sp³-hybridized carbons (Fsp3) is 0.308. The highest BCUT2D eigenvalue weighted by Crippen LogP contribution is 2.41. The lowest BCUT2D eigenvalue weighted by Crippen LogP contribution is -2.14. The lowest BCUT2D eigenvalue weighted by atomic mass is 10.1. The number of anilines is 1. The summed E-state index contributed by atoms with van der Waals surface area (Å²) in [5.74, 6) is 0.543. The second-order valence-corrected chi connectivity index (χ2v) is 5.44. The van der Waals surface area contributed by atoms with Crippen LogP contribution in [-0.2, 0) is 11.2 Å². The summed E-state index contributed by atoms with van der Waals surface area (Å²) < 4.78 is 0. The molecule has 0 radical (unpaired) electrons. The van der Waals surface area contributed by atoms with Crippen LogP contribution in [0.3, 0.4) is 0 Å². The van der Waals surface area contributed by atoms with Gasteiger partial charge in [-0.2, -0.15) is 0 Å². The molecule has 5 heteroatoms. The molecule has 0 spiro atoms. The minimum absolute atomic E-state index is 0.0419. The number of nitrogens with zero attached hydrogens (tertiary/aromatic N) is 2. The Balaban J connectivity index is 1.59. The van der Waals surface area contributed by atoms with Crippen molar-refractivity contribution in [2.45, 2.75) is 25.2 Å². The summed E-state index contributed by atoms with van der Waals surface area (Å²) in [6, 6.07) is 9.68. The molecular weight excluding hydrogens is 246 g/mol. The van der Waals surface area contributed by atoms with Crippen LogP contribution in [-0.4, -0.2) is 16.1 Å². The number of nitrogens with one attached hydrogen (secondary N) is 1. The fourth-order valence-electron chi connectivity index (χ4n) is 1.73. The highest BCUT2D eigenvalue weighted by atomic mass is 32.1. The monoisotopic (exact) mass is 259 g/mol. The lowest BCUT2D eigenvalue weighted by molar-refractivity contribution is -0.115. The smallest absolute Gasteiger partial charge is 0.230 e. The highest BCUT2D eigenvalue weighted by molar-refractivity contribution is 7.15. The van der Waals surface area contributed by atoms with Crippen molar-refractivity contribution in [2.75, 3.05) is 5.32 Å². The van der Waals surface area contributed by atoms with Gasteiger partial charge in [-0.1, -0.05) is 41.7 Å². The van der Waals surface area contributed by atoms with Crippen LogP contribution in [0, 0.1) is 0 Å². The van der Waals surface area contributed by atoms with E-state index in [0.717, 1.165) is 10.6 Å². The first kappa shape index (κ1) is 11.3. The van der Waals surface area contributed by atoms with Crippen molar-refractivity contribution in [3.05, 3.63) is 40.9 Å². The summed E-state index contributed by atoms with van der Waals surface area (Å²) in [5.41, 5.74) is 1.00. The molecule has 1 aromatic heterocycles. The van der Waals surface area contributed by atoms with Gasteiger partial charge in [0.15, 0.2) is 0 Å². The molecule has 1 fully saturated rings. The van der Waals surface area contributed by atoms with Gasteiger partial charge in [0.25, 0.3) is 0 Å². The summed E-state index contributed by atoms with van der Waals surface area (Å²) in [6.07, 6.45) is 2.78. The summed E-state index contributed by atoms with van der Waals surface area (Å²) >= 11 is 1.49. The Morgan fingerprint density at radius 2 is 2.06 bits per heavy atom. The number of aromatic nitrogens is 2. The summed E-state index contributed by atoms with van der Waals surface area (Å²) in [5, 5.41) is 12.5. The van der Waals surface area contributed by atoms with Crippen LogP contribution < -0.4 is 5.32 Å². The van der Waals surface area contributed by atoms with Gasteiger partial charge < -0.3 is 5.32 Å². The molecule has 4 nitrogen and oxygen atoms in total. The summed E-state index contributed by atoms with van der Waals surface area (Å²) in [7, 11) is 0. The molecule has 1 saturated carbocycles. The Labute approximate surface area is 109 Å². The number of carbonyl (C=O) groups excluding carboxylic acids is 1. The van der Waals surface area contributed by atoms with E-state index in [0.29, 0.717) is 17.5 Å². The molecule has 1 aliphatic rings. The van der Waals surface area contributed by atoms with Crippen molar-refractivity contribution < 1.29 is 4.79 Å². The van der Waals surface area contributed by atoms with E-state index in [2.05, 4.69) is 15.5 Å². The van der Waals surface area contributed by atoms with Crippen LogP contribution in [0.2, 0.25) is 0 Å². The number of carbonyl (C=O) groups is 1. The van der Waals surface area contributed by atoms with Crippen LogP contribution in [0.4, 0.5) is 5.13 Å². The van der Waals surface area contributed by atoms with Crippen LogP contribution in [0.25, 0.3) is 0 Å². The Kier molecular flexibility index (Phi) is 3.06. The van der Waals surface area contributed by atoms with E-state index >= 15 is 0 Å². The molecule has 1 aromatic carbocycles. The van der Waals surface area contributed by atoms with Gasteiger partial charge in [0.05, 0.1) is 6.42 Å². The quantitative estimate of drug-likeness (QED) is 0.918. The van der Waals surface area contributed by atoms with Gasteiger partial charge in [-0.05, 0) is 18.4 Å². The van der Waals surface area contributed by atoms with Gasteiger partial charge >= 0.3 is 0 Å². The third-order valence-corrected chi connectivity index (χ3v) is 3.82. The van der Waals surface area contributed by atoms with Crippen LogP contribution in [0.1, 0.15) is 29.3 Å². The zero-order valence-corrected chi connectivity index (χ0v) is 10.6. The van der Waals surface area contributed by atoms with E-state index in [9.17, 15) is 4.79 Å². The van der Waals surface area contributed by atoms with Crippen molar-refractivity contribution in [2.24, 2.45) is 0 Å². The third-order valence-electron chi connectivity index (χ3n) is 2.82. The molecule has 0 bridgehead atoms. The van der Waals surface area contributed by atoms with Gasteiger partial charge in [0, 0.05) is 5.92 Å². The first-order chi connectivity index (χ1) is 8.81. The Bertz CT molecular complexity index is 548. The van der Waals surface area contributed by atoms with E-state index in [1.807, 2.05) is 30.3 Å². The second kappa shape index (κ2) is 4.86. The second-order valence-electron chi connectivity index (χ2n) is 4.43. The van der Waals surface area contributed by atoms with Crippen molar-refractivity contribution in [3.63, 3.8) is 0 Å². The standard InChI is InChI=1S/C13H13N3OS/c17-11(8-9-4-2-1-3-5-9)14-13-16-15-12(18-13)10-6-7-10/h1-5,10H,6-8H2,(H,14,16,17). The molecule has 0 saturated heterocycles.